The molecule has 3 rings (SSSR count). The average molecular weight is 279 g/mol. The fourth-order valence-electron chi connectivity index (χ4n) is 3.06. The van der Waals surface area contributed by atoms with Crippen molar-refractivity contribution in [1.29, 1.82) is 0 Å². The topological polar surface area (TPSA) is 38.8 Å². The molecule has 0 unspecified atom stereocenters. The molecule has 20 heavy (non-hydrogen) atoms. The number of benzene rings is 1. The molecule has 4 nitrogen and oxygen atoms in total. The molecule has 108 valence electrons. The highest BCUT2D eigenvalue weighted by molar-refractivity contribution is 6.01. The van der Waals surface area contributed by atoms with Crippen molar-refractivity contribution < 1.29 is 18.7 Å². The molecular formula is C15H18FNO3. The van der Waals surface area contributed by atoms with E-state index >= 15 is 0 Å². The molecule has 1 amide bonds. The quantitative estimate of drug-likeness (QED) is 0.830. The molecule has 0 atom stereocenters. The predicted molar refractivity (Wildman–Crippen MR) is 72.3 cm³/mol. The van der Waals surface area contributed by atoms with Crippen LogP contribution < -0.4 is 4.90 Å². The molecule has 0 radical (unpaired) electrons. The normalized spacial score (nSPS) is 20.8. The first-order valence-electron chi connectivity index (χ1n) is 6.90. The second kappa shape index (κ2) is 5.14. The molecule has 0 saturated carbocycles. The van der Waals surface area contributed by atoms with Gasteiger partial charge in [0.1, 0.15) is 5.82 Å². The lowest BCUT2D eigenvalue weighted by molar-refractivity contribution is -0.152. The smallest absolute Gasteiger partial charge is 0.259 e. The van der Waals surface area contributed by atoms with E-state index in [1.165, 1.54) is 6.07 Å². The van der Waals surface area contributed by atoms with Crippen LogP contribution in [-0.2, 0) is 20.7 Å². The maximum atomic E-state index is 13.8. The number of hydrogen-bond acceptors (Lipinski definition) is 3. The zero-order valence-corrected chi connectivity index (χ0v) is 11.5. The minimum absolute atomic E-state index is 0.0762. The van der Waals surface area contributed by atoms with Gasteiger partial charge in [-0.2, -0.15) is 0 Å². The Balaban J connectivity index is 1.91. The summed E-state index contributed by atoms with van der Waals surface area (Å²) in [5.74, 6) is -0.316. The van der Waals surface area contributed by atoms with Crippen molar-refractivity contribution >= 4 is 11.6 Å². The second-order valence-electron chi connectivity index (χ2n) is 5.26. The Morgan fingerprint density at radius 2 is 2.15 bits per heavy atom. The van der Waals surface area contributed by atoms with Crippen molar-refractivity contribution in [2.75, 3.05) is 31.8 Å². The Bertz CT molecular complexity index is 526. The van der Waals surface area contributed by atoms with E-state index in [-0.39, 0.29) is 11.7 Å². The minimum Gasteiger partial charge on any atom is -0.381 e. The highest BCUT2D eigenvalue weighted by Crippen LogP contribution is 2.35. The molecule has 5 heteroatoms. The third-order valence-electron chi connectivity index (χ3n) is 4.30. The van der Waals surface area contributed by atoms with E-state index in [1.54, 1.807) is 24.1 Å². The average Bonchev–Trinajstić information content (AvgIpc) is 2.92. The number of fused-ring (bicyclic) bond motifs is 1. The first kappa shape index (κ1) is 13.5. The molecule has 1 aromatic carbocycles. The van der Waals surface area contributed by atoms with Crippen LogP contribution in [0, 0.1) is 5.82 Å². The molecule has 1 aromatic rings. The molecule has 2 heterocycles. The summed E-state index contributed by atoms with van der Waals surface area (Å²) < 4.78 is 24.6. The summed E-state index contributed by atoms with van der Waals surface area (Å²) in [6, 6.07) is 4.88. The fourth-order valence-corrected chi connectivity index (χ4v) is 3.06. The number of carbonyl (C=O) groups is 1. The van der Waals surface area contributed by atoms with Gasteiger partial charge >= 0.3 is 0 Å². The lowest BCUT2D eigenvalue weighted by Crippen LogP contribution is -2.53. The molecule has 1 saturated heterocycles. The number of ether oxygens (including phenoxy) is 2. The molecular weight excluding hydrogens is 261 g/mol. The van der Waals surface area contributed by atoms with Crippen molar-refractivity contribution in [2.24, 2.45) is 0 Å². The lowest BCUT2D eigenvalue weighted by atomic mass is 9.92. The summed E-state index contributed by atoms with van der Waals surface area (Å²) >= 11 is 0. The summed E-state index contributed by atoms with van der Waals surface area (Å²) in [5, 5.41) is 0. The Morgan fingerprint density at radius 3 is 2.85 bits per heavy atom. The van der Waals surface area contributed by atoms with Crippen molar-refractivity contribution in [2.45, 2.75) is 24.9 Å². The van der Waals surface area contributed by atoms with E-state index in [9.17, 15) is 9.18 Å². The maximum absolute atomic E-state index is 13.8. The van der Waals surface area contributed by atoms with Gasteiger partial charge in [-0.25, -0.2) is 4.39 Å². The molecule has 1 fully saturated rings. The van der Waals surface area contributed by atoms with Gasteiger partial charge in [-0.3, -0.25) is 4.79 Å². The molecule has 0 aromatic heterocycles. The number of methoxy groups -OCH3 is 1. The van der Waals surface area contributed by atoms with Gasteiger partial charge in [-0.05, 0) is 18.6 Å². The summed E-state index contributed by atoms with van der Waals surface area (Å²) in [4.78, 5) is 14.5. The van der Waals surface area contributed by atoms with Gasteiger partial charge in [0, 0.05) is 51.0 Å². The number of amides is 1. The van der Waals surface area contributed by atoms with Gasteiger partial charge in [-0.15, -0.1) is 0 Å². The van der Waals surface area contributed by atoms with Crippen LogP contribution >= 0.6 is 0 Å². The number of halogens is 1. The SMILES string of the molecule is COC1(C(=O)N2CCc3c(F)cccc32)CCOCC1. The fraction of sp³-hybridized carbons (Fsp3) is 0.533. The van der Waals surface area contributed by atoms with Crippen LogP contribution in [0.25, 0.3) is 0 Å². The van der Waals surface area contributed by atoms with Crippen LogP contribution in [0.15, 0.2) is 18.2 Å². The molecule has 0 aliphatic carbocycles. The van der Waals surface area contributed by atoms with Gasteiger partial charge in [0.05, 0.1) is 0 Å². The van der Waals surface area contributed by atoms with Gasteiger partial charge in [0.25, 0.3) is 5.91 Å². The summed E-state index contributed by atoms with van der Waals surface area (Å²) in [6.07, 6.45) is 1.65. The first-order chi connectivity index (χ1) is 9.68. The van der Waals surface area contributed by atoms with E-state index in [0.717, 1.165) is 0 Å². The lowest BCUT2D eigenvalue weighted by Gasteiger charge is -2.37. The summed E-state index contributed by atoms with van der Waals surface area (Å²) in [5.41, 5.74) is 0.476. The summed E-state index contributed by atoms with van der Waals surface area (Å²) in [6.45, 7) is 1.55. The largest absolute Gasteiger partial charge is 0.381 e. The minimum atomic E-state index is -0.827. The van der Waals surface area contributed by atoms with Crippen LogP contribution in [0.3, 0.4) is 0 Å². The number of anilines is 1. The Labute approximate surface area is 117 Å². The standard InChI is InChI=1S/C15H18FNO3/c1-19-15(6-9-20-10-7-15)14(18)17-8-5-11-12(16)3-2-4-13(11)17/h2-4H,5-10H2,1H3. The Morgan fingerprint density at radius 1 is 1.40 bits per heavy atom. The van der Waals surface area contributed by atoms with Gasteiger partial charge in [0.15, 0.2) is 5.60 Å². The highest BCUT2D eigenvalue weighted by Gasteiger charge is 2.44. The van der Waals surface area contributed by atoms with E-state index in [2.05, 4.69) is 0 Å². The van der Waals surface area contributed by atoms with Crippen LogP contribution in [-0.4, -0.2) is 38.4 Å². The molecule has 0 bridgehead atoms. The van der Waals surface area contributed by atoms with Crippen molar-refractivity contribution in [3.63, 3.8) is 0 Å². The summed E-state index contributed by atoms with van der Waals surface area (Å²) in [7, 11) is 1.56. The maximum Gasteiger partial charge on any atom is 0.259 e. The van der Waals surface area contributed by atoms with Crippen molar-refractivity contribution in [1.82, 2.24) is 0 Å². The van der Waals surface area contributed by atoms with Crippen molar-refractivity contribution in [3.05, 3.63) is 29.6 Å². The van der Waals surface area contributed by atoms with Gasteiger partial charge in [-0.1, -0.05) is 6.07 Å². The van der Waals surface area contributed by atoms with E-state index in [1.807, 2.05) is 0 Å². The first-order valence-corrected chi connectivity index (χ1v) is 6.90. The van der Waals surface area contributed by atoms with Gasteiger partial charge < -0.3 is 14.4 Å². The molecule has 0 spiro atoms. The molecule has 2 aliphatic heterocycles. The Kier molecular flexibility index (Phi) is 3.48. The molecule has 2 aliphatic rings. The number of carbonyl (C=O) groups excluding carboxylic acids is 1. The highest BCUT2D eigenvalue weighted by atomic mass is 19.1. The number of rotatable bonds is 2. The zero-order valence-electron chi connectivity index (χ0n) is 11.5. The third-order valence-corrected chi connectivity index (χ3v) is 4.30. The van der Waals surface area contributed by atoms with E-state index < -0.39 is 5.60 Å². The second-order valence-corrected chi connectivity index (χ2v) is 5.26. The Hall–Kier alpha value is -1.46. The van der Waals surface area contributed by atoms with E-state index in [0.29, 0.717) is 50.3 Å². The molecule has 0 N–H and O–H groups in total. The van der Waals surface area contributed by atoms with Crippen LogP contribution in [0.5, 0.6) is 0 Å². The van der Waals surface area contributed by atoms with Crippen LogP contribution in [0.4, 0.5) is 10.1 Å². The van der Waals surface area contributed by atoms with Crippen molar-refractivity contribution in [3.8, 4) is 0 Å². The number of nitrogens with zero attached hydrogens (tertiary/aromatic N) is 1. The zero-order chi connectivity index (χ0) is 14.2. The number of hydrogen-bond donors (Lipinski definition) is 0. The predicted octanol–water partition coefficient (Wildman–Crippen LogP) is 1.91. The van der Waals surface area contributed by atoms with Crippen LogP contribution in [0.1, 0.15) is 18.4 Å². The van der Waals surface area contributed by atoms with Gasteiger partial charge in [0.2, 0.25) is 0 Å². The van der Waals surface area contributed by atoms with Crippen LogP contribution in [0.2, 0.25) is 0 Å². The monoisotopic (exact) mass is 279 g/mol. The third kappa shape index (κ3) is 2.01. The van der Waals surface area contributed by atoms with E-state index in [4.69, 9.17) is 9.47 Å².